The Bertz CT molecular complexity index is 396. The van der Waals surface area contributed by atoms with Crippen LogP contribution in [0.5, 0.6) is 5.75 Å². The first kappa shape index (κ1) is 15.4. The highest BCUT2D eigenvalue weighted by Gasteiger charge is 2.25. The smallest absolute Gasteiger partial charge is 0.122 e. The maximum absolute atomic E-state index is 5.52. The van der Waals surface area contributed by atoms with Crippen LogP contribution < -0.4 is 4.74 Å². The van der Waals surface area contributed by atoms with Gasteiger partial charge in [-0.25, -0.2) is 0 Å². The van der Waals surface area contributed by atoms with E-state index in [0.717, 1.165) is 11.8 Å². The van der Waals surface area contributed by atoms with E-state index in [1.807, 2.05) is 0 Å². The zero-order valence-electron chi connectivity index (χ0n) is 13.3. The summed E-state index contributed by atoms with van der Waals surface area (Å²) >= 11 is 0. The van der Waals surface area contributed by atoms with Crippen molar-refractivity contribution in [1.82, 2.24) is 4.90 Å². The number of hydrogen-bond donors (Lipinski definition) is 0. The van der Waals surface area contributed by atoms with Gasteiger partial charge in [0.05, 0.1) is 7.11 Å². The second-order valence-electron chi connectivity index (χ2n) is 5.90. The summed E-state index contributed by atoms with van der Waals surface area (Å²) in [5.74, 6) is 1.73. The van der Waals surface area contributed by atoms with Crippen LogP contribution in [0.2, 0.25) is 0 Å². The molecule has 0 bridgehead atoms. The molecule has 0 N–H and O–H groups in total. The summed E-state index contributed by atoms with van der Waals surface area (Å²) < 4.78 is 5.52. The average molecular weight is 275 g/mol. The molecule has 0 aromatic heterocycles. The summed E-state index contributed by atoms with van der Waals surface area (Å²) in [5, 5.41) is 0. The highest BCUT2D eigenvalue weighted by molar-refractivity contribution is 5.36. The van der Waals surface area contributed by atoms with Crippen LogP contribution >= 0.6 is 0 Å². The highest BCUT2D eigenvalue weighted by Crippen LogP contribution is 2.34. The molecule has 0 saturated carbocycles. The van der Waals surface area contributed by atoms with E-state index in [0.29, 0.717) is 5.92 Å². The molecule has 0 amide bonds. The third kappa shape index (κ3) is 3.54. The fourth-order valence-electron chi connectivity index (χ4n) is 3.56. The molecular formula is C18H29NO. The SMILES string of the molecule is CCCC(CC)N1CCC(c2ccccc2OC)CC1. The van der Waals surface area contributed by atoms with E-state index in [-0.39, 0.29) is 0 Å². The van der Waals surface area contributed by atoms with Crippen molar-refractivity contribution in [3.8, 4) is 5.75 Å². The summed E-state index contributed by atoms with van der Waals surface area (Å²) in [6, 6.07) is 9.32. The van der Waals surface area contributed by atoms with Gasteiger partial charge in [-0.15, -0.1) is 0 Å². The Morgan fingerprint density at radius 3 is 2.50 bits per heavy atom. The lowest BCUT2D eigenvalue weighted by Gasteiger charge is -2.37. The normalized spacial score (nSPS) is 18.9. The maximum Gasteiger partial charge on any atom is 0.122 e. The minimum Gasteiger partial charge on any atom is -0.496 e. The minimum atomic E-state index is 0.668. The molecule has 2 nitrogen and oxygen atoms in total. The van der Waals surface area contributed by atoms with Crippen molar-refractivity contribution in [2.75, 3.05) is 20.2 Å². The first-order chi connectivity index (χ1) is 9.80. The first-order valence-corrected chi connectivity index (χ1v) is 8.17. The van der Waals surface area contributed by atoms with Crippen molar-refractivity contribution in [3.05, 3.63) is 29.8 Å². The van der Waals surface area contributed by atoms with Crippen LogP contribution in [0, 0.1) is 0 Å². The topological polar surface area (TPSA) is 12.5 Å². The van der Waals surface area contributed by atoms with Gasteiger partial charge < -0.3 is 9.64 Å². The molecule has 0 aliphatic carbocycles. The molecule has 1 aromatic rings. The average Bonchev–Trinajstić information content (AvgIpc) is 2.53. The molecule has 20 heavy (non-hydrogen) atoms. The zero-order chi connectivity index (χ0) is 14.4. The number of piperidine rings is 1. The Labute approximate surface area is 124 Å². The predicted octanol–water partition coefficient (Wildman–Crippen LogP) is 4.45. The molecule has 1 aliphatic rings. The van der Waals surface area contributed by atoms with Crippen LogP contribution in [-0.4, -0.2) is 31.1 Å². The van der Waals surface area contributed by atoms with Gasteiger partial charge in [-0.1, -0.05) is 38.5 Å². The van der Waals surface area contributed by atoms with Crippen molar-refractivity contribution in [2.45, 2.75) is 57.9 Å². The molecule has 0 radical (unpaired) electrons. The molecule has 0 spiro atoms. The van der Waals surface area contributed by atoms with E-state index in [2.05, 4.69) is 43.0 Å². The molecule has 1 fully saturated rings. The largest absolute Gasteiger partial charge is 0.496 e. The summed E-state index contributed by atoms with van der Waals surface area (Å²) in [6.45, 7) is 7.10. The number of benzene rings is 1. The second-order valence-corrected chi connectivity index (χ2v) is 5.90. The molecule has 2 heteroatoms. The molecular weight excluding hydrogens is 246 g/mol. The highest BCUT2D eigenvalue weighted by atomic mass is 16.5. The van der Waals surface area contributed by atoms with E-state index in [9.17, 15) is 0 Å². The van der Waals surface area contributed by atoms with Gasteiger partial charge in [-0.05, 0) is 56.3 Å². The van der Waals surface area contributed by atoms with Gasteiger partial charge in [0.1, 0.15) is 5.75 Å². The Hall–Kier alpha value is -1.02. The number of hydrogen-bond acceptors (Lipinski definition) is 2. The fraction of sp³-hybridized carbons (Fsp3) is 0.667. The van der Waals surface area contributed by atoms with Gasteiger partial charge in [0.15, 0.2) is 0 Å². The van der Waals surface area contributed by atoms with Crippen LogP contribution in [0.15, 0.2) is 24.3 Å². The summed E-state index contributed by atoms with van der Waals surface area (Å²) in [4.78, 5) is 2.70. The fourth-order valence-corrected chi connectivity index (χ4v) is 3.56. The number of para-hydroxylation sites is 1. The standard InChI is InChI=1S/C18H29NO/c1-4-8-16(5-2)19-13-11-15(12-14-19)17-9-6-7-10-18(17)20-3/h6-7,9-10,15-16H,4-5,8,11-14H2,1-3H3. The van der Waals surface area contributed by atoms with Crippen LogP contribution in [0.4, 0.5) is 0 Å². The lowest BCUT2D eigenvalue weighted by molar-refractivity contribution is 0.139. The van der Waals surface area contributed by atoms with Crippen molar-refractivity contribution < 1.29 is 4.74 Å². The maximum atomic E-state index is 5.52. The second kappa shape index (κ2) is 7.68. The van der Waals surface area contributed by atoms with E-state index in [1.165, 1.54) is 50.8 Å². The van der Waals surface area contributed by atoms with Crippen LogP contribution in [-0.2, 0) is 0 Å². The first-order valence-electron chi connectivity index (χ1n) is 8.17. The zero-order valence-corrected chi connectivity index (χ0v) is 13.3. The van der Waals surface area contributed by atoms with E-state index >= 15 is 0 Å². The molecule has 1 heterocycles. The molecule has 1 atom stereocenters. The third-order valence-corrected chi connectivity index (χ3v) is 4.72. The Morgan fingerprint density at radius 2 is 1.90 bits per heavy atom. The Morgan fingerprint density at radius 1 is 1.20 bits per heavy atom. The Balaban J connectivity index is 1.97. The molecule has 112 valence electrons. The van der Waals surface area contributed by atoms with Crippen LogP contribution in [0.25, 0.3) is 0 Å². The number of ether oxygens (including phenoxy) is 1. The van der Waals surface area contributed by atoms with Gasteiger partial charge >= 0.3 is 0 Å². The number of methoxy groups -OCH3 is 1. The van der Waals surface area contributed by atoms with Crippen molar-refractivity contribution >= 4 is 0 Å². The lowest BCUT2D eigenvalue weighted by Crippen LogP contribution is -2.40. The van der Waals surface area contributed by atoms with E-state index in [4.69, 9.17) is 4.74 Å². The number of rotatable bonds is 6. The summed E-state index contributed by atoms with van der Waals surface area (Å²) in [5.41, 5.74) is 1.40. The molecule has 1 unspecified atom stereocenters. The van der Waals surface area contributed by atoms with Crippen molar-refractivity contribution in [3.63, 3.8) is 0 Å². The quantitative estimate of drug-likeness (QED) is 0.760. The molecule has 1 saturated heterocycles. The number of nitrogens with zero attached hydrogens (tertiary/aromatic N) is 1. The minimum absolute atomic E-state index is 0.668. The summed E-state index contributed by atoms with van der Waals surface area (Å²) in [7, 11) is 1.78. The van der Waals surface area contributed by atoms with Gasteiger partial charge in [0.25, 0.3) is 0 Å². The monoisotopic (exact) mass is 275 g/mol. The van der Waals surface area contributed by atoms with Crippen molar-refractivity contribution in [1.29, 1.82) is 0 Å². The van der Waals surface area contributed by atoms with Gasteiger partial charge in [-0.2, -0.15) is 0 Å². The van der Waals surface area contributed by atoms with E-state index < -0.39 is 0 Å². The number of likely N-dealkylation sites (tertiary alicyclic amines) is 1. The molecule has 1 aromatic carbocycles. The van der Waals surface area contributed by atoms with E-state index in [1.54, 1.807) is 7.11 Å². The Kier molecular flexibility index (Phi) is 5.90. The third-order valence-electron chi connectivity index (χ3n) is 4.72. The van der Waals surface area contributed by atoms with Crippen molar-refractivity contribution in [2.24, 2.45) is 0 Å². The molecule has 1 aliphatic heterocycles. The van der Waals surface area contributed by atoms with Crippen LogP contribution in [0.1, 0.15) is 57.4 Å². The van der Waals surface area contributed by atoms with Crippen LogP contribution in [0.3, 0.4) is 0 Å². The predicted molar refractivity (Wildman–Crippen MR) is 85.5 cm³/mol. The lowest BCUT2D eigenvalue weighted by atomic mass is 9.87. The summed E-state index contributed by atoms with van der Waals surface area (Å²) in [6.07, 6.45) is 6.45. The van der Waals surface area contributed by atoms with Gasteiger partial charge in [0, 0.05) is 6.04 Å². The molecule has 2 rings (SSSR count). The van der Waals surface area contributed by atoms with Gasteiger partial charge in [-0.3, -0.25) is 0 Å². The van der Waals surface area contributed by atoms with Gasteiger partial charge in [0.2, 0.25) is 0 Å².